The predicted octanol–water partition coefficient (Wildman–Crippen LogP) is 3.75. The fraction of sp³-hybridized carbons (Fsp3) is 0.400. The normalized spacial score (nSPS) is 20.8. The molecule has 0 bridgehead atoms. The van der Waals surface area contributed by atoms with E-state index in [1.165, 1.54) is 26.5 Å². The minimum Gasteiger partial charge on any atom is -0.497 e. The first kappa shape index (κ1) is 19.9. The van der Waals surface area contributed by atoms with Gasteiger partial charge in [-0.3, -0.25) is 14.0 Å². The van der Waals surface area contributed by atoms with E-state index in [-0.39, 0.29) is 11.6 Å². The van der Waals surface area contributed by atoms with Crippen molar-refractivity contribution in [3.05, 3.63) is 76.3 Å². The fourth-order valence-electron chi connectivity index (χ4n) is 5.22. The Labute approximate surface area is 182 Å². The van der Waals surface area contributed by atoms with Crippen LogP contribution in [0.15, 0.2) is 59.5 Å². The molecule has 162 valence electrons. The minimum absolute atomic E-state index is 0.0291. The van der Waals surface area contributed by atoms with E-state index < -0.39 is 0 Å². The molecule has 1 aromatic heterocycles. The standard InChI is InChI=1S/C25H29N3O3/c1-31-21-7-8-22-19(16-21)11-13-26-12-9-18(15-23(22)26)10-14-27-24(29)17-28(25(27)30)20-5-3-2-4-6-20/h2-8,16-18,23,29H,9-15H2,1H3. The third kappa shape index (κ3) is 3.76. The maximum atomic E-state index is 12.9. The van der Waals surface area contributed by atoms with Crippen LogP contribution in [0.3, 0.4) is 0 Å². The number of aromatic nitrogens is 2. The zero-order chi connectivity index (χ0) is 21.4. The molecule has 6 heteroatoms. The van der Waals surface area contributed by atoms with Crippen molar-refractivity contribution in [1.82, 2.24) is 14.0 Å². The van der Waals surface area contributed by atoms with E-state index in [0.29, 0.717) is 18.5 Å². The summed E-state index contributed by atoms with van der Waals surface area (Å²) in [5.74, 6) is 1.49. The van der Waals surface area contributed by atoms with Crippen molar-refractivity contribution in [3.63, 3.8) is 0 Å². The van der Waals surface area contributed by atoms with Crippen LogP contribution in [-0.4, -0.2) is 39.3 Å². The molecule has 2 atom stereocenters. The predicted molar refractivity (Wildman–Crippen MR) is 120 cm³/mol. The highest BCUT2D eigenvalue weighted by molar-refractivity contribution is 5.39. The quantitative estimate of drug-likeness (QED) is 0.684. The van der Waals surface area contributed by atoms with Crippen molar-refractivity contribution < 1.29 is 9.84 Å². The molecular formula is C25H29N3O3. The van der Waals surface area contributed by atoms with Gasteiger partial charge in [0, 0.05) is 19.1 Å². The molecule has 3 heterocycles. The number of nitrogens with zero attached hydrogens (tertiary/aromatic N) is 3. The molecule has 1 N–H and O–H groups in total. The lowest BCUT2D eigenvalue weighted by Gasteiger charge is -2.43. The van der Waals surface area contributed by atoms with Gasteiger partial charge in [0.25, 0.3) is 0 Å². The van der Waals surface area contributed by atoms with E-state index in [0.717, 1.165) is 50.2 Å². The molecule has 2 aliphatic rings. The van der Waals surface area contributed by atoms with Crippen molar-refractivity contribution in [2.75, 3.05) is 20.2 Å². The van der Waals surface area contributed by atoms with E-state index in [9.17, 15) is 9.90 Å². The Bertz CT molecular complexity index is 1120. The van der Waals surface area contributed by atoms with Crippen LogP contribution in [0.1, 0.15) is 36.4 Å². The molecule has 2 aliphatic heterocycles. The number of ether oxygens (including phenoxy) is 1. The number of para-hydroxylation sites is 1. The number of benzene rings is 2. The van der Waals surface area contributed by atoms with Crippen LogP contribution in [0.4, 0.5) is 0 Å². The third-order valence-electron chi connectivity index (χ3n) is 6.95. The number of hydrogen-bond acceptors (Lipinski definition) is 4. The van der Waals surface area contributed by atoms with Crippen LogP contribution < -0.4 is 10.4 Å². The van der Waals surface area contributed by atoms with Crippen LogP contribution in [0.25, 0.3) is 5.69 Å². The molecule has 3 aromatic rings. The summed E-state index contributed by atoms with van der Waals surface area (Å²) in [6, 6.07) is 16.3. The minimum atomic E-state index is -0.184. The number of rotatable bonds is 5. The Morgan fingerprint density at radius 1 is 1.13 bits per heavy atom. The van der Waals surface area contributed by atoms with Crippen LogP contribution in [0.2, 0.25) is 0 Å². The SMILES string of the molecule is COc1ccc2c(c1)CCN1CCC(CCn3c(O)cn(-c4ccccc4)c3=O)CC21. The van der Waals surface area contributed by atoms with Crippen molar-refractivity contribution in [2.24, 2.45) is 5.92 Å². The van der Waals surface area contributed by atoms with Gasteiger partial charge in [-0.1, -0.05) is 24.3 Å². The lowest BCUT2D eigenvalue weighted by molar-refractivity contribution is 0.0973. The van der Waals surface area contributed by atoms with E-state index in [2.05, 4.69) is 23.1 Å². The number of fused-ring (bicyclic) bond motifs is 3. The molecular weight excluding hydrogens is 390 g/mol. The highest BCUT2D eigenvalue weighted by atomic mass is 16.5. The van der Waals surface area contributed by atoms with Gasteiger partial charge in [-0.05, 0) is 73.5 Å². The molecule has 0 spiro atoms. The zero-order valence-corrected chi connectivity index (χ0v) is 17.9. The van der Waals surface area contributed by atoms with Gasteiger partial charge >= 0.3 is 5.69 Å². The number of hydrogen-bond donors (Lipinski definition) is 1. The Balaban J connectivity index is 1.30. The highest BCUT2D eigenvalue weighted by Crippen LogP contribution is 2.41. The molecule has 31 heavy (non-hydrogen) atoms. The Morgan fingerprint density at radius 3 is 2.77 bits per heavy atom. The van der Waals surface area contributed by atoms with Crippen molar-refractivity contribution >= 4 is 0 Å². The highest BCUT2D eigenvalue weighted by Gasteiger charge is 2.33. The van der Waals surface area contributed by atoms with Gasteiger partial charge in [0.2, 0.25) is 5.88 Å². The monoisotopic (exact) mass is 419 g/mol. The first-order valence-electron chi connectivity index (χ1n) is 11.1. The average Bonchev–Trinajstić information content (AvgIpc) is 3.10. The smallest absolute Gasteiger partial charge is 0.335 e. The molecule has 0 radical (unpaired) electrons. The maximum Gasteiger partial charge on any atom is 0.335 e. The van der Waals surface area contributed by atoms with Crippen molar-refractivity contribution in [3.8, 4) is 17.3 Å². The van der Waals surface area contributed by atoms with Crippen LogP contribution in [0.5, 0.6) is 11.6 Å². The van der Waals surface area contributed by atoms with Crippen molar-refractivity contribution in [2.45, 2.75) is 38.3 Å². The first-order chi connectivity index (χ1) is 15.1. The second kappa shape index (κ2) is 8.27. The molecule has 2 aromatic carbocycles. The van der Waals surface area contributed by atoms with Gasteiger partial charge in [0.05, 0.1) is 19.0 Å². The fourth-order valence-corrected chi connectivity index (χ4v) is 5.22. The molecule has 0 aliphatic carbocycles. The number of aromatic hydroxyl groups is 1. The van der Waals surface area contributed by atoms with Gasteiger partial charge in [-0.2, -0.15) is 0 Å². The van der Waals surface area contributed by atoms with E-state index >= 15 is 0 Å². The van der Waals surface area contributed by atoms with Crippen LogP contribution in [0, 0.1) is 5.92 Å². The molecule has 5 rings (SSSR count). The van der Waals surface area contributed by atoms with Crippen molar-refractivity contribution in [1.29, 1.82) is 0 Å². The van der Waals surface area contributed by atoms with E-state index in [1.807, 2.05) is 30.3 Å². The number of methoxy groups -OCH3 is 1. The summed E-state index contributed by atoms with van der Waals surface area (Å²) in [6.45, 7) is 2.72. The maximum absolute atomic E-state index is 12.9. The van der Waals surface area contributed by atoms with Crippen LogP contribution >= 0.6 is 0 Å². The first-order valence-corrected chi connectivity index (χ1v) is 11.1. The second-order valence-electron chi connectivity index (χ2n) is 8.67. The summed E-state index contributed by atoms with van der Waals surface area (Å²) in [5.41, 5.74) is 3.40. The molecule has 0 amide bonds. The van der Waals surface area contributed by atoms with Gasteiger partial charge < -0.3 is 9.84 Å². The average molecular weight is 420 g/mol. The zero-order valence-electron chi connectivity index (χ0n) is 17.9. The Hall–Kier alpha value is -2.99. The summed E-state index contributed by atoms with van der Waals surface area (Å²) in [6.07, 6.45) is 5.71. The summed E-state index contributed by atoms with van der Waals surface area (Å²) in [4.78, 5) is 15.5. The topological polar surface area (TPSA) is 59.6 Å². The van der Waals surface area contributed by atoms with Gasteiger partial charge in [0.1, 0.15) is 5.75 Å². The number of piperidine rings is 1. The summed E-state index contributed by atoms with van der Waals surface area (Å²) in [5, 5.41) is 10.4. The number of imidazole rings is 1. The lowest BCUT2D eigenvalue weighted by atomic mass is 9.81. The molecule has 2 unspecified atom stereocenters. The molecule has 6 nitrogen and oxygen atoms in total. The van der Waals surface area contributed by atoms with E-state index in [4.69, 9.17) is 4.74 Å². The summed E-state index contributed by atoms with van der Waals surface area (Å²) < 4.78 is 8.43. The molecule has 0 saturated carbocycles. The van der Waals surface area contributed by atoms with Gasteiger partial charge in [-0.25, -0.2) is 4.79 Å². The van der Waals surface area contributed by atoms with Crippen LogP contribution in [-0.2, 0) is 13.0 Å². The Morgan fingerprint density at radius 2 is 1.97 bits per heavy atom. The second-order valence-corrected chi connectivity index (χ2v) is 8.67. The Kier molecular flexibility index (Phi) is 5.32. The summed E-state index contributed by atoms with van der Waals surface area (Å²) >= 11 is 0. The molecule has 1 saturated heterocycles. The van der Waals surface area contributed by atoms with Gasteiger partial charge in [-0.15, -0.1) is 0 Å². The van der Waals surface area contributed by atoms with E-state index in [1.54, 1.807) is 7.11 Å². The summed E-state index contributed by atoms with van der Waals surface area (Å²) in [7, 11) is 1.72. The molecule has 1 fully saturated rings. The largest absolute Gasteiger partial charge is 0.497 e. The van der Waals surface area contributed by atoms with Gasteiger partial charge in [0.15, 0.2) is 0 Å². The lowest BCUT2D eigenvalue weighted by Crippen LogP contribution is -2.41. The third-order valence-corrected chi connectivity index (χ3v) is 6.95.